The fourth-order valence-corrected chi connectivity index (χ4v) is 3.59. The van der Waals surface area contributed by atoms with E-state index >= 15 is 0 Å². The first-order valence-electron chi connectivity index (χ1n) is 5.94. The molecular formula is C14H13ClFNO3S. The summed E-state index contributed by atoms with van der Waals surface area (Å²) in [7, 11) is -2.45. The number of halogens is 2. The Hall–Kier alpha value is -1.79. The van der Waals surface area contributed by atoms with E-state index in [1.807, 2.05) is 0 Å². The van der Waals surface area contributed by atoms with Crippen LogP contribution < -0.4 is 10.5 Å². The molecule has 0 spiro atoms. The molecule has 0 atom stereocenters. The number of rotatable bonds is 4. The van der Waals surface area contributed by atoms with Gasteiger partial charge in [-0.05, 0) is 18.2 Å². The Labute approximate surface area is 127 Å². The van der Waals surface area contributed by atoms with Gasteiger partial charge in [-0.15, -0.1) is 0 Å². The summed E-state index contributed by atoms with van der Waals surface area (Å²) in [6.07, 6.45) is 0. The molecule has 0 aliphatic carbocycles. The van der Waals surface area contributed by atoms with Gasteiger partial charge in [0.1, 0.15) is 16.5 Å². The van der Waals surface area contributed by atoms with Crippen molar-refractivity contribution in [2.75, 3.05) is 12.8 Å². The fraction of sp³-hybridized carbons (Fsp3) is 0.143. The summed E-state index contributed by atoms with van der Waals surface area (Å²) >= 11 is 5.66. The van der Waals surface area contributed by atoms with Crippen LogP contribution in [-0.2, 0) is 15.6 Å². The lowest BCUT2D eigenvalue weighted by molar-refractivity contribution is 0.403. The minimum atomic E-state index is -3.79. The van der Waals surface area contributed by atoms with Crippen LogP contribution in [0.15, 0.2) is 41.3 Å². The molecule has 21 heavy (non-hydrogen) atoms. The van der Waals surface area contributed by atoms with Crippen LogP contribution in [0, 0.1) is 5.82 Å². The topological polar surface area (TPSA) is 69.4 Å². The maximum Gasteiger partial charge on any atom is 0.186 e. The summed E-state index contributed by atoms with van der Waals surface area (Å²) in [4.78, 5) is -0.0430. The number of ether oxygens (including phenoxy) is 1. The monoisotopic (exact) mass is 329 g/mol. The number of hydrogen-bond donors (Lipinski definition) is 1. The molecule has 4 nitrogen and oxygen atoms in total. The lowest BCUT2D eigenvalue weighted by atomic mass is 10.2. The second-order valence-corrected chi connectivity index (χ2v) is 6.75. The Balaban J connectivity index is 2.46. The minimum absolute atomic E-state index is 0.00128. The van der Waals surface area contributed by atoms with Gasteiger partial charge < -0.3 is 10.5 Å². The van der Waals surface area contributed by atoms with E-state index in [-0.39, 0.29) is 21.2 Å². The molecule has 0 bridgehead atoms. The van der Waals surface area contributed by atoms with E-state index in [4.69, 9.17) is 22.1 Å². The zero-order valence-corrected chi connectivity index (χ0v) is 12.7. The van der Waals surface area contributed by atoms with E-state index in [0.717, 1.165) is 0 Å². The van der Waals surface area contributed by atoms with Crippen molar-refractivity contribution in [2.24, 2.45) is 0 Å². The zero-order chi connectivity index (χ0) is 15.6. The standard InChI is InChI=1S/C14H13ClFNO3S/c1-20-12-7-10(17)5-6-13(12)21(18,19)8-9-3-2-4-11(15)14(9)16/h2-7H,8,17H2,1H3. The predicted octanol–water partition coefficient (Wildman–Crippen LogP) is 3.04. The van der Waals surface area contributed by atoms with Crippen LogP contribution in [0.25, 0.3) is 0 Å². The number of hydrogen-bond acceptors (Lipinski definition) is 4. The van der Waals surface area contributed by atoms with Crippen molar-refractivity contribution in [1.82, 2.24) is 0 Å². The molecule has 0 radical (unpaired) electrons. The van der Waals surface area contributed by atoms with Gasteiger partial charge in [-0.2, -0.15) is 0 Å². The Kier molecular flexibility index (Phi) is 4.39. The average Bonchev–Trinajstić information content (AvgIpc) is 2.43. The van der Waals surface area contributed by atoms with Crippen molar-refractivity contribution in [2.45, 2.75) is 10.6 Å². The lowest BCUT2D eigenvalue weighted by Crippen LogP contribution is -2.08. The third kappa shape index (κ3) is 3.28. The highest BCUT2D eigenvalue weighted by molar-refractivity contribution is 7.90. The first kappa shape index (κ1) is 15.6. The van der Waals surface area contributed by atoms with E-state index in [0.29, 0.717) is 5.69 Å². The lowest BCUT2D eigenvalue weighted by Gasteiger charge is -2.11. The highest BCUT2D eigenvalue weighted by Gasteiger charge is 2.22. The number of anilines is 1. The van der Waals surface area contributed by atoms with E-state index in [1.54, 1.807) is 0 Å². The van der Waals surface area contributed by atoms with Crippen LogP contribution in [0.3, 0.4) is 0 Å². The van der Waals surface area contributed by atoms with Gasteiger partial charge in [-0.1, -0.05) is 23.7 Å². The minimum Gasteiger partial charge on any atom is -0.495 e. The van der Waals surface area contributed by atoms with E-state index in [9.17, 15) is 12.8 Å². The Bertz CT molecular complexity index is 778. The average molecular weight is 330 g/mol. The van der Waals surface area contributed by atoms with Crippen molar-refractivity contribution in [1.29, 1.82) is 0 Å². The van der Waals surface area contributed by atoms with Gasteiger partial charge in [-0.3, -0.25) is 0 Å². The molecule has 0 amide bonds. The maximum atomic E-state index is 13.8. The van der Waals surface area contributed by atoms with Crippen molar-refractivity contribution < 1.29 is 17.5 Å². The molecule has 2 rings (SSSR count). The third-order valence-electron chi connectivity index (χ3n) is 2.90. The quantitative estimate of drug-likeness (QED) is 0.875. The smallest absolute Gasteiger partial charge is 0.186 e. The van der Waals surface area contributed by atoms with E-state index < -0.39 is 21.4 Å². The molecule has 112 valence electrons. The number of nitrogens with two attached hydrogens (primary N) is 1. The molecule has 0 fully saturated rings. The van der Waals surface area contributed by atoms with Gasteiger partial charge in [0.25, 0.3) is 0 Å². The van der Waals surface area contributed by atoms with Crippen LogP contribution in [0.4, 0.5) is 10.1 Å². The van der Waals surface area contributed by atoms with Crippen LogP contribution in [0.1, 0.15) is 5.56 Å². The van der Waals surface area contributed by atoms with Crippen molar-refractivity contribution in [3.8, 4) is 5.75 Å². The molecule has 0 aliphatic rings. The van der Waals surface area contributed by atoms with Crippen LogP contribution >= 0.6 is 11.6 Å². The van der Waals surface area contributed by atoms with Crippen molar-refractivity contribution in [3.05, 3.63) is 52.8 Å². The summed E-state index contributed by atoms with van der Waals surface area (Å²) in [5.74, 6) is -1.13. The van der Waals surface area contributed by atoms with Gasteiger partial charge >= 0.3 is 0 Å². The highest BCUT2D eigenvalue weighted by atomic mass is 35.5. The maximum absolute atomic E-state index is 13.8. The number of sulfone groups is 1. The molecular weight excluding hydrogens is 317 g/mol. The van der Waals surface area contributed by atoms with Crippen LogP contribution in [-0.4, -0.2) is 15.5 Å². The van der Waals surface area contributed by atoms with Gasteiger partial charge in [0.05, 0.1) is 17.9 Å². The molecule has 2 N–H and O–H groups in total. The highest BCUT2D eigenvalue weighted by Crippen LogP contribution is 2.30. The summed E-state index contributed by atoms with van der Waals surface area (Å²) in [5, 5.41) is -0.119. The molecule has 0 saturated carbocycles. The summed E-state index contributed by atoms with van der Waals surface area (Å²) in [6.45, 7) is 0. The van der Waals surface area contributed by atoms with Crippen LogP contribution in [0.2, 0.25) is 5.02 Å². The van der Waals surface area contributed by atoms with Gasteiger partial charge in [0, 0.05) is 17.3 Å². The Morgan fingerprint density at radius 2 is 2.00 bits per heavy atom. The summed E-state index contributed by atoms with van der Waals surface area (Å²) < 4.78 is 43.7. The SMILES string of the molecule is COc1cc(N)ccc1S(=O)(=O)Cc1cccc(Cl)c1F. The largest absolute Gasteiger partial charge is 0.495 e. The van der Waals surface area contributed by atoms with Gasteiger partial charge in [0.15, 0.2) is 9.84 Å². The summed E-state index contributed by atoms with van der Waals surface area (Å²) in [5.41, 5.74) is 5.97. The number of nitrogen functional groups attached to an aromatic ring is 1. The molecule has 0 unspecified atom stereocenters. The predicted molar refractivity (Wildman–Crippen MR) is 79.7 cm³/mol. The molecule has 0 aromatic heterocycles. The molecule has 0 saturated heterocycles. The fourth-order valence-electron chi connectivity index (χ4n) is 1.88. The molecule has 0 aliphatic heterocycles. The van der Waals surface area contributed by atoms with Crippen molar-refractivity contribution in [3.63, 3.8) is 0 Å². The number of benzene rings is 2. The molecule has 0 heterocycles. The molecule has 2 aromatic carbocycles. The third-order valence-corrected chi connectivity index (χ3v) is 4.89. The molecule has 7 heteroatoms. The Morgan fingerprint density at radius 3 is 2.67 bits per heavy atom. The number of methoxy groups -OCH3 is 1. The molecule has 2 aromatic rings. The zero-order valence-electron chi connectivity index (χ0n) is 11.1. The second-order valence-electron chi connectivity index (χ2n) is 4.38. The second kappa shape index (κ2) is 5.91. The van der Waals surface area contributed by atoms with Crippen molar-refractivity contribution >= 4 is 27.1 Å². The summed E-state index contributed by atoms with van der Waals surface area (Å²) in [6, 6.07) is 8.42. The first-order chi connectivity index (χ1) is 9.85. The van der Waals surface area contributed by atoms with Crippen LogP contribution in [0.5, 0.6) is 5.75 Å². The first-order valence-corrected chi connectivity index (χ1v) is 7.97. The normalized spacial score (nSPS) is 11.4. The van der Waals surface area contributed by atoms with E-state index in [1.165, 1.54) is 43.5 Å². The van der Waals surface area contributed by atoms with E-state index in [2.05, 4.69) is 0 Å². The van der Waals surface area contributed by atoms with Gasteiger partial charge in [0.2, 0.25) is 0 Å². The van der Waals surface area contributed by atoms with Gasteiger partial charge in [-0.25, -0.2) is 12.8 Å². The Morgan fingerprint density at radius 1 is 1.29 bits per heavy atom.